The van der Waals surface area contributed by atoms with Crippen molar-refractivity contribution < 1.29 is 9.90 Å². The fourth-order valence-corrected chi connectivity index (χ4v) is 2.94. The maximum Gasteiger partial charge on any atom is 0.250 e. The van der Waals surface area contributed by atoms with E-state index in [1.54, 1.807) is 6.07 Å². The standard InChI is InChI=1S/C14H21ClN4O2/c1-18(6-7-20)11-2-4-19(5-3-11)14-12(15)8-10(9-17-14)13(16)21/h8-9,11,20H,2-7H2,1H3,(H2,16,21). The molecule has 21 heavy (non-hydrogen) atoms. The highest BCUT2D eigenvalue weighted by molar-refractivity contribution is 6.33. The number of halogens is 1. The first-order chi connectivity index (χ1) is 10.0. The number of carbonyl (C=O) groups is 1. The van der Waals surface area contributed by atoms with E-state index in [0.717, 1.165) is 25.9 Å². The SMILES string of the molecule is CN(CCO)C1CCN(c2ncc(C(N)=O)cc2Cl)CC1. The van der Waals surface area contributed by atoms with Gasteiger partial charge < -0.3 is 20.6 Å². The van der Waals surface area contributed by atoms with Gasteiger partial charge in [-0.2, -0.15) is 0 Å². The maximum absolute atomic E-state index is 11.1. The summed E-state index contributed by atoms with van der Waals surface area (Å²) >= 11 is 6.20. The monoisotopic (exact) mass is 312 g/mol. The van der Waals surface area contributed by atoms with Gasteiger partial charge in [0.1, 0.15) is 5.82 Å². The normalized spacial score (nSPS) is 16.5. The van der Waals surface area contributed by atoms with Gasteiger partial charge in [-0.05, 0) is 26.0 Å². The molecule has 0 atom stereocenters. The number of aliphatic hydroxyl groups excluding tert-OH is 1. The lowest BCUT2D eigenvalue weighted by molar-refractivity contribution is 0.1000. The molecule has 0 unspecified atom stereocenters. The number of pyridine rings is 1. The molecule has 0 aliphatic carbocycles. The van der Waals surface area contributed by atoms with Gasteiger partial charge in [0.2, 0.25) is 5.91 Å². The average molecular weight is 313 g/mol. The molecule has 1 fully saturated rings. The predicted molar refractivity (Wildman–Crippen MR) is 82.7 cm³/mol. The second-order valence-electron chi connectivity index (χ2n) is 5.32. The summed E-state index contributed by atoms with van der Waals surface area (Å²) in [4.78, 5) is 19.7. The highest BCUT2D eigenvalue weighted by Crippen LogP contribution is 2.27. The molecule has 0 radical (unpaired) electrons. The van der Waals surface area contributed by atoms with Gasteiger partial charge in [-0.3, -0.25) is 4.79 Å². The van der Waals surface area contributed by atoms with Crippen molar-refractivity contribution in [3.8, 4) is 0 Å². The summed E-state index contributed by atoms with van der Waals surface area (Å²) in [5, 5.41) is 9.44. The summed E-state index contributed by atoms with van der Waals surface area (Å²) in [6.07, 6.45) is 3.45. The molecule has 0 aromatic carbocycles. The van der Waals surface area contributed by atoms with Crippen LogP contribution in [0.15, 0.2) is 12.3 Å². The number of aromatic nitrogens is 1. The number of likely N-dealkylation sites (N-methyl/N-ethyl adjacent to an activating group) is 1. The van der Waals surface area contributed by atoms with Crippen LogP contribution in [0.2, 0.25) is 5.02 Å². The maximum atomic E-state index is 11.1. The zero-order chi connectivity index (χ0) is 15.4. The largest absolute Gasteiger partial charge is 0.395 e. The van der Waals surface area contributed by atoms with Crippen LogP contribution in [0.5, 0.6) is 0 Å². The number of piperidine rings is 1. The van der Waals surface area contributed by atoms with Crippen molar-refractivity contribution in [1.29, 1.82) is 0 Å². The number of hydrogen-bond acceptors (Lipinski definition) is 5. The van der Waals surface area contributed by atoms with Crippen LogP contribution in [0, 0.1) is 0 Å². The molecule has 1 aromatic heterocycles. The lowest BCUT2D eigenvalue weighted by Gasteiger charge is -2.37. The van der Waals surface area contributed by atoms with Crippen molar-refractivity contribution in [2.75, 3.05) is 38.2 Å². The topological polar surface area (TPSA) is 82.7 Å². The Balaban J connectivity index is 2.00. The smallest absolute Gasteiger partial charge is 0.250 e. The number of aliphatic hydroxyl groups is 1. The Morgan fingerprint density at radius 2 is 2.24 bits per heavy atom. The van der Waals surface area contributed by atoms with Gasteiger partial charge in [0.15, 0.2) is 0 Å². The molecule has 1 aliphatic rings. The Hall–Kier alpha value is -1.37. The van der Waals surface area contributed by atoms with E-state index in [1.807, 2.05) is 7.05 Å². The first-order valence-electron chi connectivity index (χ1n) is 7.04. The first kappa shape index (κ1) is 16.0. The molecular weight excluding hydrogens is 292 g/mol. The molecule has 0 bridgehead atoms. The summed E-state index contributed by atoms with van der Waals surface area (Å²) in [5.41, 5.74) is 5.53. The van der Waals surface area contributed by atoms with Crippen LogP contribution in [-0.2, 0) is 0 Å². The van der Waals surface area contributed by atoms with E-state index in [1.165, 1.54) is 6.20 Å². The van der Waals surface area contributed by atoms with Gasteiger partial charge in [-0.1, -0.05) is 11.6 Å². The van der Waals surface area contributed by atoms with Crippen molar-refractivity contribution in [1.82, 2.24) is 9.88 Å². The molecule has 0 spiro atoms. The zero-order valence-corrected chi connectivity index (χ0v) is 12.9. The number of nitrogens with zero attached hydrogens (tertiary/aromatic N) is 3. The van der Waals surface area contributed by atoms with E-state index in [4.69, 9.17) is 22.4 Å². The van der Waals surface area contributed by atoms with E-state index >= 15 is 0 Å². The summed E-state index contributed by atoms with van der Waals surface area (Å²) in [5.74, 6) is 0.171. The van der Waals surface area contributed by atoms with Gasteiger partial charge in [-0.15, -0.1) is 0 Å². The minimum Gasteiger partial charge on any atom is -0.395 e. The first-order valence-corrected chi connectivity index (χ1v) is 7.42. The van der Waals surface area contributed by atoms with E-state index in [0.29, 0.717) is 29.0 Å². The van der Waals surface area contributed by atoms with E-state index in [-0.39, 0.29) is 6.61 Å². The Morgan fingerprint density at radius 3 is 2.76 bits per heavy atom. The van der Waals surface area contributed by atoms with Crippen LogP contribution >= 0.6 is 11.6 Å². The van der Waals surface area contributed by atoms with Gasteiger partial charge in [0.05, 0.1) is 17.2 Å². The second-order valence-corrected chi connectivity index (χ2v) is 5.72. The fraction of sp³-hybridized carbons (Fsp3) is 0.571. The second kappa shape index (κ2) is 7.06. The molecule has 1 aliphatic heterocycles. The highest BCUT2D eigenvalue weighted by atomic mass is 35.5. The minimum atomic E-state index is -0.528. The number of amides is 1. The van der Waals surface area contributed by atoms with Crippen LogP contribution in [0.1, 0.15) is 23.2 Å². The van der Waals surface area contributed by atoms with E-state index in [9.17, 15) is 4.79 Å². The molecule has 0 saturated carbocycles. The Morgan fingerprint density at radius 1 is 1.57 bits per heavy atom. The molecule has 2 heterocycles. The molecule has 1 amide bonds. The van der Waals surface area contributed by atoms with Crippen LogP contribution in [0.3, 0.4) is 0 Å². The van der Waals surface area contributed by atoms with Crippen molar-refractivity contribution >= 4 is 23.3 Å². The number of nitrogens with two attached hydrogens (primary N) is 1. The number of carbonyl (C=O) groups excluding carboxylic acids is 1. The Labute approximate surface area is 129 Å². The third kappa shape index (κ3) is 3.84. The van der Waals surface area contributed by atoms with Crippen LogP contribution in [-0.4, -0.2) is 60.2 Å². The average Bonchev–Trinajstić information content (AvgIpc) is 2.47. The van der Waals surface area contributed by atoms with Gasteiger partial charge in [0.25, 0.3) is 0 Å². The van der Waals surface area contributed by atoms with E-state index in [2.05, 4.69) is 14.8 Å². The molecule has 3 N–H and O–H groups in total. The van der Waals surface area contributed by atoms with Crippen LogP contribution in [0.25, 0.3) is 0 Å². The van der Waals surface area contributed by atoms with Crippen molar-refractivity contribution in [3.63, 3.8) is 0 Å². The zero-order valence-electron chi connectivity index (χ0n) is 12.1. The molecule has 116 valence electrons. The Bertz CT molecular complexity index is 504. The van der Waals surface area contributed by atoms with E-state index < -0.39 is 5.91 Å². The number of rotatable bonds is 5. The Kier molecular flexibility index (Phi) is 5.39. The third-order valence-electron chi connectivity index (χ3n) is 3.95. The highest BCUT2D eigenvalue weighted by Gasteiger charge is 2.24. The van der Waals surface area contributed by atoms with Crippen molar-refractivity contribution in [2.24, 2.45) is 5.73 Å². The minimum absolute atomic E-state index is 0.179. The number of primary amides is 1. The lowest BCUT2D eigenvalue weighted by atomic mass is 10.0. The van der Waals surface area contributed by atoms with Crippen LogP contribution < -0.4 is 10.6 Å². The fourth-order valence-electron chi connectivity index (χ4n) is 2.66. The van der Waals surface area contributed by atoms with Gasteiger partial charge >= 0.3 is 0 Å². The molecule has 7 heteroatoms. The summed E-state index contributed by atoms with van der Waals surface area (Å²) in [7, 11) is 2.03. The molecule has 6 nitrogen and oxygen atoms in total. The summed E-state index contributed by atoms with van der Waals surface area (Å²) in [6, 6.07) is 2.04. The molecular formula is C14H21ClN4O2. The lowest BCUT2D eigenvalue weighted by Crippen LogP contribution is -2.44. The van der Waals surface area contributed by atoms with Crippen LogP contribution in [0.4, 0.5) is 5.82 Å². The van der Waals surface area contributed by atoms with Crippen molar-refractivity contribution in [3.05, 3.63) is 22.8 Å². The summed E-state index contributed by atoms with van der Waals surface area (Å²) < 4.78 is 0. The van der Waals surface area contributed by atoms with Gasteiger partial charge in [-0.25, -0.2) is 4.98 Å². The molecule has 1 aromatic rings. The summed E-state index contributed by atoms with van der Waals surface area (Å²) in [6.45, 7) is 2.57. The number of anilines is 1. The molecule has 1 saturated heterocycles. The van der Waals surface area contributed by atoms with Crippen molar-refractivity contribution in [2.45, 2.75) is 18.9 Å². The predicted octanol–water partition coefficient (Wildman–Crippen LogP) is 0.727. The third-order valence-corrected chi connectivity index (χ3v) is 4.22. The van der Waals surface area contributed by atoms with Gasteiger partial charge in [0, 0.05) is 31.9 Å². The number of hydrogen-bond donors (Lipinski definition) is 2. The quantitative estimate of drug-likeness (QED) is 0.837. The molecule has 2 rings (SSSR count).